The van der Waals surface area contributed by atoms with E-state index in [1.54, 1.807) is 48.1 Å². The van der Waals surface area contributed by atoms with Crippen LogP contribution in [0.4, 0.5) is 28.8 Å². The molecule has 3 fully saturated rings. The minimum atomic E-state index is -1.14. The highest BCUT2D eigenvalue weighted by Gasteiger charge is 2.46. The number of benzene rings is 2. The second kappa shape index (κ2) is 23.5. The van der Waals surface area contributed by atoms with Crippen LogP contribution >= 0.6 is 11.3 Å². The lowest BCUT2D eigenvalue weighted by Crippen LogP contribution is -2.67. The lowest BCUT2D eigenvalue weighted by atomic mass is 9.90. The number of carbonyl (C=O) groups is 4. The van der Waals surface area contributed by atoms with Crippen LogP contribution in [0.3, 0.4) is 0 Å². The molecule has 2 aromatic carbocycles. The molecule has 8 rings (SSSR count). The van der Waals surface area contributed by atoms with Gasteiger partial charge in [-0.05, 0) is 82.0 Å². The number of aromatic nitrogens is 2. The molecule has 0 bridgehead atoms. The van der Waals surface area contributed by atoms with E-state index in [4.69, 9.17) is 28.7 Å². The summed E-state index contributed by atoms with van der Waals surface area (Å²) < 4.78 is 71.8. The number of piperazine rings is 1. The highest BCUT2D eigenvalue weighted by atomic mass is 32.1. The maximum Gasteiger partial charge on any atom is 0.410 e. The zero-order valence-electron chi connectivity index (χ0n) is 42.9. The van der Waals surface area contributed by atoms with E-state index in [9.17, 15) is 33.1 Å². The minimum Gasteiger partial charge on any atom is -0.487 e. The number of fused-ring (bicyclic) bond motifs is 1. The Morgan fingerprint density at radius 1 is 0.905 bits per heavy atom. The first-order valence-corrected chi connectivity index (χ1v) is 26.0. The second-order valence-corrected chi connectivity index (χ2v) is 21.6. The van der Waals surface area contributed by atoms with Crippen LogP contribution in [0.2, 0.25) is 0 Å². The Bertz CT molecular complexity index is 2660. The van der Waals surface area contributed by atoms with Gasteiger partial charge in [-0.15, -0.1) is 11.3 Å². The average molecular weight is 1050 g/mol. The highest BCUT2D eigenvalue weighted by molar-refractivity contribution is 7.14. The molecular formula is C53H66F3N7O10S. The quantitative estimate of drug-likeness (QED) is 0.119. The molecular weight excluding hydrogens is 984 g/mol. The number of thiazole rings is 1. The first-order chi connectivity index (χ1) is 35.3. The van der Waals surface area contributed by atoms with Crippen molar-refractivity contribution >= 4 is 45.8 Å². The fraction of sp³-hybridized carbons (Fsp3) is 0.547. The van der Waals surface area contributed by atoms with Crippen LogP contribution in [0.1, 0.15) is 76.9 Å². The number of amides is 3. The monoisotopic (exact) mass is 1050 g/mol. The molecule has 0 aliphatic carbocycles. The topological polar surface area (TPSA) is 177 Å². The smallest absolute Gasteiger partial charge is 0.410 e. The van der Waals surface area contributed by atoms with E-state index in [0.29, 0.717) is 66.6 Å². The number of halogens is 3. The normalized spacial score (nSPS) is 20.2. The molecule has 3 amide bonds. The molecule has 6 heterocycles. The third kappa shape index (κ3) is 12.7. The van der Waals surface area contributed by atoms with Gasteiger partial charge in [-0.2, -0.15) is 4.39 Å². The van der Waals surface area contributed by atoms with E-state index in [1.807, 2.05) is 26.8 Å². The Hall–Kier alpha value is -5.71. The van der Waals surface area contributed by atoms with Gasteiger partial charge in [0.15, 0.2) is 22.5 Å². The van der Waals surface area contributed by atoms with E-state index in [0.717, 1.165) is 16.8 Å². The Kier molecular flexibility index (Phi) is 17.3. The molecule has 17 nitrogen and oxygen atoms in total. The average Bonchev–Trinajstić information content (AvgIpc) is 3.97. The number of morpholine rings is 2. The van der Waals surface area contributed by atoms with Crippen LogP contribution in [0, 0.1) is 17.5 Å². The summed E-state index contributed by atoms with van der Waals surface area (Å²) in [6, 6.07) is 7.92. The molecule has 400 valence electrons. The van der Waals surface area contributed by atoms with Crippen molar-refractivity contribution in [2.24, 2.45) is 0 Å². The summed E-state index contributed by atoms with van der Waals surface area (Å²) in [4.78, 5) is 75.3. The van der Waals surface area contributed by atoms with Gasteiger partial charge in [0.05, 0.1) is 69.0 Å². The molecule has 74 heavy (non-hydrogen) atoms. The predicted octanol–water partition coefficient (Wildman–Crippen LogP) is 6.15. The minimum absolute atomic E-state index is 0.0114. The van der Waals surface area contributed by atoms with Crippen LogP contribution in [0.15, 0.2) is 47.8 Å². The van der Waals surface area contributed by atoms with E-state index in [2.05, 4.69) is 9.88 Å². The van der Waals surface area contributed by atoms with Gasteiger partial charge in [-0.25, -0.2) is 18.6 Å². The van der Waals surface area contributed by atoms with Gasteiger partial charge >= 0.3 is 6.09 Å². The second-order valence-electron chi connectivity index (χ2n) is 20.7. The Morgan fingerprint density at radius 2 is 1.65 bits per heavy atom. The molecule has 0 saturated carbocycles. The Morgan fingerprint density at radius 3 is 2.38 bits per heavy atom. The van der Waals surface area contributed by atoms with E-state index in [1.165, 1.54) is 39.3 Å². The fourth-order valence-corrected chi connectivity index (χ4v) is 10.7. The van der Waals surface area contributed by atoms with Crippen molar-refractivity contribution < 1.29 is 61.1 Å². The molecule has 0 radical (unpaired) electrons. The summed E-state index contributed by atoms with van der Waals surface area (Å²) in [5.41, 5.74) is 2.50. The van der Waals surface area contributed by atoms with Crippen molar-refractivity contribution in [1.29, 1.82) is 0 Å². The van der Waals surface area contributed by atoms with Crippen molar-refractivity contribution in [3.8, 4) is 17.0 Å². The van der Waals surface area contributed by atoms with Crippen LogP contribution in [0.5, 0.6) is 5.75 Å². The molecule has 4 aliphatic rings. The number of ether oxygens (including phenoxy) is 5. The number of hydrogen-bond donors (Lipinski definition) is 1. The molecule has 1 N–H and O–H groups in total. The predicted molar refractivity (Wildman–Crippen MR) is 270 cm³/mol. The zero-order valence-corrected chi connectivity index (χ0v) is 43.7. The van der Waals surface area contributed by atoms with Gasteiger partial charge in [0.1, 0.15) is 30.1 Å². The summed E-state index contributed by atoms with van der Waals surface area (Å²) >= 11 is 1.39. The zero-order chi connectivity index (χ0) is 52.9. The number of ketones is 1. The van der Waals surface area contributed by atoms with Crippen molar-refractivity contribution in [2.45, 2.75) is 96.6 Å². The van der Waals surface area contributed by atoms with Crippen molar-refractivity contribution in [2.75, 3.05) is 102 Å². The number of carbonyl (C=O) groups excluding carboxylic acids is 4. The van der Waals surface area contributed by atoms with Gasteiger partial charge in [-0.1, -0.05) is 26.0 Å². The number of nitrogens with zero attached hydrogens (tertiary/aromatic N) is 7. The summed E-state index contributed by atoms with van der Waals surface area (Å²) in [6.07, 6.45) is 0.0442. The summed E-state index contributed by atoms with van der Waals surface area (Å²) in [6.45, 7) is 13.6. The van der Waals surface area contributed by atoms with E-state index >= 15 is 4.39 Å². The number of pyridine rings is 1. The van der Waals surface area contributed by atoms with Crippen molar-refractivity contribution in [3.63, 3.8) is 0 Å². The first-order valence-electron chi connectivity index (χ1n) is 25.1. The largest absolute Gasteiger partial charge is 0.487 e. The van der Waals surface area contributed by atoms with Crippen LogP contribution < -0.4 is 14.5 Å². The third-order valence-electron chi connectivity index (χ3n) is 13.6. The van der Waals surface area contributed by atoms with Crippen LogP contribution in [0.25, 0.3) is 11.3 Å². The van der Waals surface area contributed by atoms with Gasteiger partial charge in [0.2, 0.25) is 17.6 Å². The maximum atomic E-state index is 15.1. The lowest BCUT2D eigenvalue weighted by Gasteiger charge is -2.47. The summed E-state index contributed by atoms with van der Waals surface area (Å²) in [7, 11) is 0. The van der Waals surface area contributed by atoms with Gasteiger partial charge in [0, 0.05) is 74.7 Å². The summed E-state index contributed by atoms with van der Waals surface area (Å²) in [5, 5.41) is 12.9. The van der Waals surface area contributed by atoms with E-state index < -0.39 is 52.8 Å². The standard InChI is InChI=1S/C53H66F3N7O10S/c1-33-26-60(28-45(66)63-32-53(5,6)48-41(63)25-35(39(29-64)57-48)24-34-9-11-36(54)12-10-34)42(27-62(33)51(68)73-52(2,3)4)49(67)61-17-21-71-30-43(61)44(65)8-7-18-69-22-23-72-47-37(13-14-38(55)46(47)56)40-31-74-50(58-40)59-15-19-70-20-16-59/h9-14,25,31,33,42-43,64H,7-8,15-24,26-30,32H2,1-6H3/t33-,42-,43?/m0/s1. The first kappa shape index (κ1) is 54.5. The number of aliphatic hydroxyl groups is 1. The molecule has 3 saturated heterocycles. The van der Waals surface area contributed by atoms with Crippen LogP contribution in [-0.2, 0) is 51.8 Å². The van der Waals surface area contributed by atoms with E-state index in [-0.39, 0.29) is 108 Å². The number of aliphatic hydroxyl groups excluding tert-OH is 1. The molecule has 3 atom stereocenters. The number of anilines is 2. The molecule has 21 heteroatoms. The molecule has 0 spiro atoms. The van der Waals surface area contributed by atoms with Gasteiger partial charge < -0.3 is 48.4 Å². The maximum absolute atomic E-state index is 15.1. The van der Waals surface area contributed by atoms with Crippen LogP contribution in [-0.4, -0.2) is 169 Å². The number of Topliss-reactive ketones (excluding diaryl/α,β-unsaturated/α-hetero) is 1. The number of rotatable bonds is 17. The SMILES string of the molecule is C[C@H]1CN(CC(=O)N2CC(C)(C)c3nc(CO)c(Cc4ccc(F)cc4)cc32)[C@H](C(=O)N2CCOCC2C(=O)CCCOCCOc2c(-c3csc(N4CCOCC4)n3)ccc(F)c2F)CN1C(=O)OC(C)(C)C. The summed E-state index contributed by atoms with van der Waals surface area (Å²) in [5.74, 6) is -3.85. The molecule has 4 aromatic rings. The highest BCUT2D eigenvalue weighted by Crippen LogP contribution is 2.41. The molecule has 1 unspecified atom stereocenters. The Balaban J connectivity index is 0.918. The van der Waals surface area contributed by atoms with Crippen molar-refractivity contribution in [1.82, 2.24) is 24.7 Å². The molecule has 2 aromatic heterocycles. The fourth-order valence-electron chi connectivity index (χ4n) is 9.77. The Labute approximate surface area is 433 Å². The van der Waals surface area contributed by atoms with Gasteiger partial charge in [0.25, 0.3) is 0 Å². The lowest BCUT2D eigenvalue weighted by molar-refractivity contribution is -0.154. The third-order valence-corrected chi connectivity index (χ3v) is 14.5. The van der Waals surface area contributed by atoms with Crippen molar-refractivity contribution in [3.05, 3.63) is 87.8 Å². The number of hydrogen-bond acceptors (Lipinski definition) is 15. The van der Waals surface area contributed by atoms with Gasteiger partial charge in [-0.3, -0.25) is 24.3 Å². The molecule has 4 aliphatic heterocycles.